The fourth-order valence-corrected chi connectivity index (χ4v) is 3.79. The van der Waals surface area contributed by atoms with Gasteiger partial charge >= 0.3 is 6.01 Å². The monoisotopic (exact) mass is 406 g/mol. The lowest BCUT2D eigenvalue weighted by atomic mass is 10.1. The summed E-state index contributed by atoms with van der Waals surface area (Å²) in [4.78, 5) is 26.5. The van der Waals surface area contributed by atoms with Crippen molar-refractivity contribution in [2.24, 2.45) is 0 Å². The summed E-state index contributed by atoms with van der Waals surface area (Å²) in [6.07, 6.45) is 0.276. The minimum atomic E-state index is -0.386. The molecule has 0 spiro atoms. The molecule has 0 radical (unpaired) electrons. The molecular weight excluding hydrogens is 392 g/mol. The van der Waals surface area contributed by atoms with Crippen LogP contribution in [0.5, 0.6) is 0 Å². The van der Waals surface area contributed by atoms with Crippen molar-refractivity contribution < 1.29 is 14.0 Å². The number of benzene rings is 2. The van der Waals surface area contributed by atoms with E-state index in [9.17, 15) is 9.59 Å². The number of carbonyl (C=O) groups is 2. The van der Waals surface area contributed by atoms with Crippen LogP contribution in [-0.4, -0.2) is 37.3 Å². The third-order valence-electron chi connectivity index (χ3n) is 4.72. The largest absolute Gasteiger partial charge is 0.407 e. The zero-order valence-electron chi connectivity index (χ0n) is 15.0. The van der Waals surface area contributed by atoms with Crippen LogP contribution in [0.3, 0.4) is 0 Å². The molecule has 2 aromatic heterocycles. The van der Waals surface area contributed by atoms with Gasteiger partial charge in [0.15, 0.2) is 0 Å². The summed E-state index contributed by atoms with van der Waals surface area (Å²) in [6, 6.07) is 14.5. The SMILES string of the molecule is O=C(Nc1nnc([C@@H]2CC(=O)N(c3ccccc3)C2)o1)c1ccc2nsnc2c1. The summed E-state index contributed by atoms with van der Waals surface area (Å²) in [6.45, 7) is 0.450. The van der Waals surface area contributed by atoms with Gasteiger partial charge in [0, 0.05) is 24.2 Å². The summed E-state index contributed by atoms with van der Waals surface area (Å²) in [5, 5.41) is 10.5. The van der Waals surface area contributed by atoms with Crippen molar-refractivity contribution in [2.45, 2.75) is 12.3 Å². The van der Waals surface area contributed by atoms with Gasteiger partial charge in [0.1, 0.15) is 11.0 Å². The van der Waals surface area contributed by atoms with Crippen LogP contribution in [0.2, 0.25) is 0 Å². The van der Waals surface area contributed by atoms with Crippen LogP contribution in [0.15, 0.2) is 52.9 Å². The number of nitrogens with one attached hydrogen (secondary N) is 1. The van der Waals surface area contributed by atoms with Gasteiger partial charge in [0.05, 0.1) is 17.6 Å². The topological polar surface area (TPSA) is 114 Å². The molecule has 0 bridgehead atoms. The molecule has 0 unspecified atom stereocenters. The highest BCUT2D eigenvalue weighted by Crippen LogP contribution is 2.31. The van der Waals surface area contributed by atoms with Crippen molar-refractivity contribution in [3.05, 3.63) is 60.0 Å². The first-order chi connectivity index (χ1) is 14.2. The van der Waals surface area contributed by atoms with Crippen molar-refractivity contribution in [1.29, 1.82) is 0 Å². The van der Waals surface area contributed by atoms with Gasteiger partial charge in [-0.25, -0.2) is 0 Å². The number of hydrogen-bond donors (Lipinski definition) is 1. The van der Waals surface area contributed by atoms with Gasteiger partial charge in [-0.3, -0.25) is 14.9 Å². The summed E-state index contributed by atoms with van der Waals surface area (Å²) in [7, 11) is 0. The molecule has 1 atom stereocenters. The van der Waals surface area contributed by atoms with Gasteiger partial charge in [0.2, 0.25) is 11.8 Å². The smallest absolute Gasteiger partial charge is 0.322 e. The second kappa shape index (κ2) is 7.06. The lowest BCUT2D eigenvalue weighted by Crippen LogP contribution is -2.24. The van der Waals surface area contributed by atoms with Gasteiger partial charge in [-0.1, -0.05) is 23.3 Å². The zero-order chi connectivity index (χ0) is 19.8. The van der Waals surface area contributed by atoms with Crippen LogP contribution < -0.4 is 10.2 Å². The van der Waals surface area contributed by atoms with E-state index in [1.54, 1.807) is 23.1 Å². The molecule has 144 valence electrons. The van der Waals surface area contributed by atoms with E-state index in [-0.39, 0.29) is 30.2 Å². The molecule has 1 saturated heterocycles. The van der Waals surface area contributed by atoms with Gasteiger partial charge in [0.25, 0.3) is 5.91 Å². The van der Waals surface area contributed by atoms with Crippen molar-refractivity contribution in [3.63, 3.8) is 0 Å². The fourth-order valence-electron chi connectivity index (χ4n) is 3.27. The third kappa shape index (κ3) is 3.34. The predicted octanol–water partition coefficient (Wildman–Crippen LogP) is 2.85. The molecule has 10 heteroatoms. The van der Waals surface area contributed by atoms with Crippen molar-refractivity contribution in [3.8, 4) is 0 Å². The number of carbonyl (C=O) groups excluding carboxylic acids is 2. The second-order valence-electron chi connectivity index (χ2n) is 6.61. The molecule has 5 rings (SSSR count). The molecule has 1 N–H and O–H groups in total. The number of anilines is 2. The maximum atomic E-state index is 12.5. The van der Waals surface area contributed by atoms with Crippen LogP contribution in [-0.2, 0) is 4.79 Å². The Balaban J connectivity index is 1.29. The Morgan fingerprint density at radius 2 is 1.93 bits per heavy atom. The van der Waals surface area contributed by atoms with Crippen LogP contribution in [0.25, 0.3) is 11.0 Å². The van der Waals surface area contributed by atoms with Gasteiger partial charge in [-0.15, -0.1) is 5.10 Å². The first-order valence-electron chi connectivity index (χ1n) is 8.90. The van der Waals surface area contributed by atoms with E-state index < -0.39 is 0 Å². The quantitative estimate of drug-likeness (QED) is 0.554. The number of nitrogens with zero attached hydrogens (tertiary/aromatic N) is 5. The van der Waals surface area contributed by atoms with Crippen LogP contribution in [0, 0.1) is 0 Å². The molecule has 2 amide bonds. The Bertz CT molecular complexity index is 1200. The number of hydrogen-bond acceptors (Lipinski definition) is 8. The molecule has 1 fully saturated rings. The van der Waals surface area contributed by atoms with E-state index >= 15 is 0 Å². The van der Waals surface area contributed by atoms with Gasteiger partial charge in [-0.2, -0.15) is 8.75 Å². The number of rotatable bonds is 4. The first kappa shape index (κ1) is 17.4. The average molecular weight is 406 g/mol. The van der Waals surface area contributed by atoms with Crippen LogP contribution in [0.4, 0.5) is 11.7 Å². The molecular formula is C19H14N6O3S. The minimum absolute atomic E-state index is 0.00448. The molecule has 0 saturated carbocycles. The predicted molar refractivity (Wildman–Crippen MR) is 106 cm³/mol. The number of para-hydroxylation sites is 1. The normalized spacial score (nSPS) is 16.5. The zero-order valence-corrected chi connectivity index (χ0v) is 15.8. The Kier molecular flexibility index (Phi) is 4.24. The lowest BCUT2D eigenvalue weighted by Gasteiger charge is -2.15. The molecule has 9 nitrogen and oxygen atoms in total. The highest BCUT2D eigenvalue weighted by Gasteiger charge is 2.35. The summed E-state index contributed by atoms with van der Waals surface area (Å²) in [5.74, 6) is -0.289. The van der Waals surface area contributed by atoms with Crippen molar-refractivity contribution in [1.82, 2.24) is 18.9 Å². The maximum absolute atomic E-state index is 12.5. The number of aromatic nitrogens is 4. The highest BCUT2D eigenvalue weighted by molar-refractivity contribution is 7.00. The highest BCUT2D eigenvalue weighted by atomic mass is 32.1. The Hall–Kier alpha value is -3.66. The molecule has 4 aromatic rings. The molecule has 1 aliphatic heterocycles. The van der Waals surface area contributed by atoms with E-state index in [4.69, 9.17) is 4.42 Å². The van der Waals surface area contributed by atoms with E-state index in [1.807, 2.05) is 30.3 Å². The second-order valence-corrected chi connectivity index (χ2v) is 7.14. The standard InChI is InChI=1S/C19H14N6O3S/c26-16-9-12(10-25(16)13-4-2-1-3-5-13)18-21-22-19(28-18)20-17(27)11-6-7-14-15(8-11)24-29-23-14/h1-8,12H,9-10H2,(H,20,22,27)/t12-/m1/s1. The molecule has 1 aliphatic rings. The van der Waals surface area contributed by atoms with Gasteiger partial charge in [-0.05, 0) is 30.3 Å². The van der Waals surface area contributed by atoms with Gasteiger partial charge < -0.3 is 9.32 Å². The van der Waals surface area contributed by atoms with E-state index in [0.717, 1.165) is 22.9 Å². The summed E-state index contributed by atoms with van der Waals surface area (Å²) < 4.78 is 13.8. The van der Waals surface area contributed by atoms with Crippen molar-refractivity contribution in [2.75, 3.05) is 16.8 Å². The number of fused-ring (bicyclic) bond motifs is 1. The molecule has 2 aromatic carbocycles. The van der Waals surface area contributed by atoms with E-state index in [0.29, 0.717) is 23.5 Å². The fraction of sp³-hybridized carbons (Fsp3) is 0.158. The van der Waals surface area contributed by atoms with Crippen molar-refractivity contribution >= 4 is 46.3 Å². The summed E-state index contributed by atoms with van der Waals surface area (Å²) >= 11 is 1.09. The summed E-state index contributed by atoms with van der Waals surface area (Å²) in [5.41, 5.74) is 2.64. The molecule has 29 heavy (non-hydrogen) atoms. The van der Waals surface area contributed by atoms with Crippen LogP contribution >= 0.6 is 11.7 Å². The maximum Gasteiger partial charge on any atom is 0.322 e. The Morgan fingerprint density at radius 3 is 2.79 bits per heavy atom. The Labute approximate surface area is 168 Å². The third-order valence-corrected chi connectivity index (χ3v) is 5.28. The average Bonchev–Trinajstić information content (AvgIpc) is 3.47. The first-order valence-corrected chi connectivity index (χ1v) is 9.63. The molecule has 3 heterocycles. The van der Waals surface area contributed by atoms with E-state index in [2.05, 4.69) is 24.3 Å². The number of amides is 2. The van der Waals surface area contributed by atoms with Crippen LogP contribution in [0.1, 0.15) is 28.6 Å². The lowest BCUT2D eigenvalue weighted by molar-refractivity contribution is -0.117. The minimum Gasteiger partial charge on any atom is -0.407 e. The molecule has 0 aliphatic carbocycles. The Morgan fingerprint density at radius 1 is 1.10 bits per heavy atom. The van der Waals surface area contributed by atoms with E-state index in [1.165, 1.54) is 0 Å².